The minimum Gasteiger partial charge on any atom is -0.358 e. The molecule has 0 radical (unpaired) electrons. The zero-order chi connectivity index (χ0) is 17.4. The minimum absolute atomic E-state index is 0.0534. The van der Waals surface area contributed by atoms with Crippen LogP contribution < -0.4 is 5.32 Å². The molecule has 0 aliphatic carbocycles. The molecule has 4 rings (SSSR count). The van der Waals surface area contributed by atoms with Crippen LogP contribution in [0.4, 0.5) is 11.6 Å². The number of nitro groups is 1. The van der Waals surface area contributed by atoms with Crippen molar-refractivity contribution >= 4 is 27.9 Å². The monoisotopic (exact) mass is 355 g/mol. The summed E-state index contributed by atoms with van der Waals surface area (Å²) in [5, 5.41) is 20.4. The Kier molecular flexibility index (Phi) is 3.65. The van der Waals surface area contributed by atoms with Gasteiger partial charge in [0.1, 0.15) is 18.9 Å². The summed E-state index contributed by atoms with van der Waals surface area (Å²) in [5.74, 6) is 0.215. The van der Waals surface area contributed by atoms with Crippen LogP contribution in [0.1, 0.15) is 18.5 Å². The van der Waals surface area contributed by atoms with Crippen LogP contribution in [0, 0.1) is 10.1 Å². The Labute approximate surface area is 145 Å². The molecular weight excluding hydrogens is 342 g/mol. The van der Waals surface area contributed by atoms with E-state index in [4.69, 9.17) is 0 Å². The van der Waals surface area contributed by atoms with Crippen molar-refractivity contribution in [3.8, 4) is 5.69 Å². The lowest BCUT2D eigenvalue weighted by atomic mass is 10.1. The summed E-state index contributed by atoms with van der Waals surface area (Å²) >= 11 is 1.35. The Morgan fingerprint density at radius 3 is 2.80 bits per heavy atom. The van der Waals surface area contributed by atoms with E-state index < -0.39 is 4.92 Å². The van der Waals surface area contributed by atoms with E-state index in [0.29, 0.717) is 4.96 Å². The van der Waals surface area contributed by atoms with Gasteiger partial charge < -0.3 is 15.4 Å². The molecule has 10 heteroatoms. The van der Waals surface area contributed by atoms with Gasteiger partial charge in [-0.05, 0) is 29.5 Å². The van der Waals surface area contributed by atoms with Gasteiger partial charge in [0.2, 0.25) is 5.82 Å². The second kappa shape index (κ2) is 5.98. The molecule has 1 N–H and O–H groups in total. The summed E-state index contributed by atoms with van der Waals surface area (Å²) in [6, 6.07) is 7.58. The first-order valence-electron chi connectivity index (χ1n) is 7.45. The predicted octanol–water partition coefficient (Wildman–Crippen LogP) is 3.06. The first-order valence-corrected chi connectivity index (χ1v) is 8.33. The van der Waals surface area contributed by atoms with Crippen molar-refractivity contribution < 1.29 is 4.92 Å². The number of hydrogen-bond acceptors (Lipinski definition) is 7. The van der Waals surface area contributed by atoms with Crippen molar-refractivity contribution in [2.45, 2.75) is 13.0 Å². The topological polar surface area (TPSA) is 103 Å². The molecule has 0 spiro atoms. The predicted molar refractivity (Wildman–Crippen MR) is 93.1 cm³/mol. The lowest BCUT2D eigenvalue weighted by molar-refractivity contribution is -0.389. The third-order valence-corrected chi connectivity index (χ3v) is 4.60. The van der Waals surface area contributed by atoms with Crippen LogP contribution >= 0.6 is 11.3 Å². The molecule has 0 fully saturated rings. The molecule has 9 nitrogen and oxygen atoms in total. The second-order valence-electron chi connectivity index (χ2n) is 5.39. The van der Waals surface area contributed by atoms with Crippen LogP contribution in [0.5, 0.6) is 0 Å². The number of nitrogens with one attached hydrogen (secondary N) is 1. The lowest BCUT2D eigenvalue weighted by Gasteiger charge is -2.14. The number of imidazole rings is 1. The van der Waals surface area contributed by atoms with E-state index in [-0.39, 0.29) is 17.7 Å². The molecular formula is C15H13N7O2S. The summed E-state index contributed by atoms with van der Waals surface area (Å²) < 4.78 is 3.14. The molecule has 4 aromatic rings. The first kappa shape index (κ1) is 15.3. The van der Waals surface area contributed by atoms with Crippen molar-refractivity contribution in [2.24, 2.45) is 0 Å². The normalized spacial score (nSPS) is 12.4. The van der Waals surface area contributed by atoms with Crippen LogP contribution in [0.2, 0.25) is 0 Å². The van der Waals surface area contributed by atoms with E-state index in [1.807, 2.05) is 31.2 Å². The van der Waals surface area contributed by atoms with Gasteiger partial charge in [0.15, 0.2) is 0 Å². The third-order valence-electron chi connectivity index (χ3n) is 3.84. The Balaban J connectivity index is 1.60. The Bertz CT molecular complexity index is 1020. The van der Waals surface area contributed by atoms with Crippen LogP contribution in [-0.4, -0.2) is 29.1 Å². The summed E-state index contributed by atoms with van der Waals surface area (Å²) in [6.07, 6.45) is 4.74. The maximum absolute atomic E-state index is 11.4. The van der Waals surface area contributed by atoms with Crippen LogP contribution in [-0.2, 0) is 0 Å². The maximum atomic E-state index is 11.4. The van der Waals surface area contributed by atoms with Gasteiger partial charge in [0.05, 0.1) is 11.7 Å². The van der Waals surface area contributed by atoms with Gasteiger partial charge in [-0.2, -0.15) is 14.5 Å². The lowest BCUT2D eigenvalue weighted by Crippen LogP contribution is -2.09. The Morgan fingerprint density at radius 1 is 1.32 bits per heavy atom. The highest BCUT2D eigenvalue weighted by atomic mass is 32.1. The smallest absolute Gasteiger partial charge is 0.358 e. The average molecular weight is 355 g/mol. The minimum atomic E-state index is -0.421. The molecule has 1 atom stereocenters. The first-order chi connectivity index (χ1) is 12.1. The van der Waals surface area contributed by atoms with Gasteiger partial charge in [-0.3, -0.25) is 0 Å². The summed E-state index contributed by atoms with van der Waals surface area (Å²) in [4.78, 5) is 19.8. The van der Waals surface area contributed by atoms with Gasteiger partial charge in [-0.15, -0.1) is 0 Å². The molecule has 1 aromatic carbocycles. The standard InChI is InChI=1S/C15H13N7O2S/c1-10(11-2-4-12(5-3-11)21-9-16-8-17-21)18-13-14(22(23)24)20-6-7-25-15(20)19-13/h2-10,18H,1H3/t10-/m1/s1. The van der Waals surface area contributed by atoms with E-state index in [1.54, 1.807) is 22.6 Å². The van der Waals surface area contributed by atoms with E-state index in [1.165, 1.54) is 22.1 Å². The molecule has 3 heterocycles. The molecule has 0 aliphatic rings. The summed E-state index contributed by atoms with van der Waals surface area (Å²) in [6.45, 7) is 1.93. The maximum Gasteiger partial charge on any atom is 0.372 e. The highest BCUT2D eigenvalue weighted by molar-refractivity contribution is 7.15. The molecule has 0 aliphatic heterocycles. The average Bonchev–Trinajstić information content (AvgIpc) is 3.31. The zero-order valence-corrected chi connectivity index (χ0v) is 13.9. The molecule has 126 valence electrons. The Morgan fingerprint density at radius 2 is 2.12 bits per heavy atom. The molecule has 0 amide bonds. The van der Waals surface area contributed by atoms with Crippen LogP contribution in [0.3, 0.4) is 0 Å². The van der Waals surface area contributed by atoms with E-state index >= 15 is 0 Å². The highest BCUT2D eigenvalue weighted by Gasteiger charge is 2.24. The quantitative estimate of drug-likeness (QED) is 0.436. The summed E-state index contributed by atoms with van der Waals surface area (Å²) in [7, 11) is 0. The fourth-order valence-corrected chi connectivity index (χ4v) is 3.30. The number of thiazole rings is 1. The van der Waals surface area contributed by atoms with Gasteiger partial charge in [-0.25, -0.2) is 9.67 Å². The fraction of sp³-hybridized carbons (Fsp3) is 0.133. The molecule has 3 aromatic heterocycles. The molecule has 0 unspecified atom stereocenters. The van der Waals surface area contributed by atoms with Crippen LogP contribution in [0.15, 0.2) is 48.5 Å². The van der Waals surface area contributed by atoms with Crippen molar-refractivity contribution in [3.63, 3.8) is 0 Å². The van der Waals surface area contributed by atoms with E-state index in [9.17, 15) is 10.1 Å². The largest absolute Gasteiger partial charge is 0.372 e. The molecule has 25 heavy (non-hydrogen) atoms. The van der Waals surface area contributed by atoms with Gasteiger partial charge >= 0.3 is 5.82 Å². The highest BCUT2D eigenvalue weighted by Crippen LogP contribution is 2.30. The van der Waals surface area contributed by atoms with Crippen molar-refractivity contribution in [1.29, 1.82) is 0 Å². The second-order valence-corrected chi connectivity index (χ2v) is 6.27. The number of nitrogens with zero attached hydrogens (tertiary/aromatic N) is 6. The number of hydrogen-bond donors (Lipinski definition) is 1. The van der Waals surface area contributed by atoms with E-state index in [2.05, 4.69) is 20.4 Å². The van der Waals surface area contributed by atoms with Crippen molar-refractivity contribution in [2.75, 3.05) is 5.32 Å². The molecule has 0 saturated heterocycles. The fourth-order valence-electron chi connectivity index (χ4n) is 2.59. The van der Waals surface area contributed by atoms with E-state index in [0.717, 1.165) is 11.3 Å². The number of rotatable bonds is 5. The van der Waals surface area contributed by atoms with Gasteiger partial charge in [0, 0.05) is 5.38 Å². The zero-order valence-electron chi connectivity index (χ0n) is 13.1. The molecule has 0 saturated carbocycles. The third kappa shape index (κ3) is 2.72. The SMILES string of the molecule is C[C@@H](Nc1nc2sccn2c1[N+](=O)[O-])c1ccc(-n2cncn2)cc1. The number of benzene rings is 1. The number of fused-ring (bicyclic) bond motifs is 1. The molecule has 0 bridgehead atoms. The van der Waals surface area contributed by atoms with Crippen molar-refractivity contribution in [3.05, 3.63) is 64.2 Å². The number of aromatic nitrogens is 5. The summed E-state index contributed by atoms with van der Waals surface area (Å²) in [5.41, 5.74) is 1.87. The van der Waals surface area contributed by atoms with Gasteiger partial charge in [-0.1, -0.05) is 23.5 Å². The van der Waals surface area contributed by atoms with Gasteiger partial charge in [0.25, 0.3) is 4.96 Å². The number of anilines is 1. The van der Waals surface area contributed by atoms with Crippen molar-refractivity contribution in [1.82, 2.24) is 24.1 Å². The Hall–Kier alpha value is -3.27. The van der Waals surface area contributed by atoms with Crippen LogP contribution in [0.25, 0.3) is 10.6 Å².